The predicted octanol–water partition coefficient (Wildman–Crippen LogP) is -0.709. The van der Waals surface area contributed by atoms with Crippen LogP contribution in [0.5, 0.6) is 0 Å². The largest absolute Gasteiger partial charge is 0.386 e. The summed E-state index contributed by atoms with van der Waals surface area (Å²) in [6.07, 6.45) is 0.571. The van der Waals surface area contributed by atoms with E-state index in [0.717, 1.165) is 0 Å². The van der Waals surface area contributed by atoms with Crippen molar-refractivity contribution in [1.29, 1.82) is 0 Å². The lowest BCUT2D eigenvalue weighted by Crippen LogP contribution is -2.44. The molecule has 0 spiro atoms. The minimum atomic E-state index is -0.887. The highest BCUT2D eigenvalue weighted by molar-refractivity contribution is 5.77. The first kappa shape index (κ1) is 11.4. The second-order valence-corrected chi connectivity index (χ2v) is 3.44. The molecule has 1 unspecified atom stereocenters. The van der Waals surface area contributed by atoms with Crippen molar-refractivity contribution in [2.45, 2.75) is 18.9 Å². The molecule has 1 saturated heterocycles. The summed E-state index contributed by atoms with van der Waals surface area (Å²) in [5, 5.41) is 12.4. The molecule has 5 heteroatoms. The lowest BCUT2D eigenvalue weighted by atomic mass is 10.0. The minimum absolute atomic E-state index is 0.0490. The zero-order chi connectivity index (χ0) is 10.4. The number of ether oxygens (including phenoxy) is 2. The average molecular weight is 203 g/mol. The average Bonchev–Trinajstić information content (AvgIpc) is 2.60. The van der Waals surface area contributed by atoms with Crippen LogP contribution in [-0.4, -0.2) is 49.6 Å². The standard InChI is InChI=1S/C9H17NO4/c1-2-13-5-8(11)10-6-9(12)3-4-14-7-9/h12H,2-7H2,1H3,(H,10,11). The third kappa shape index (κ3) is 3.61. The topological polar surface area (TPSA) is 67.8 Å². The first-order valence-corrected chi connectivity index (χ1v) is 4.81. The molecular weight excluding hydrogens is 186 g/mol. The normalized spacial score (nSPS) is 26.4. The summed E-state index contributed by atoms with van der Waals surface area (Å²) in [5.74, 6) is -0.202. The molecule has 0 aromatic rings. The molecule has 1 atom stereocenters. The van der Waals surface area contributed by atoms with Crippen molar-refractivity contribution in [3.63, 3.8) is 0 Å². The zero-order valence-corrected chi connectivity index (χ0v) is 8.41. The smallest absolute Gasteiger partial charge is 0.246 e. The highest BCUT2D eigenvalue weighted by atomic mass is 16.5. The molecule has 0 radical (unpaired) electrons. The van der Waals surface area contributed by atoms with Crippen LogP contribution in [0.1, 0.15) is 13.3 Å². The second-order valence-electron chi connectivity index (χ2n) is 3.44. The molecule has 1 aliphatic heterocycles. The van der Waals surface area contributed by atoms with Crippen LogP contribution < -0.4 is 5.32 Å². The van der Waals surface area contributed by atoms with Crippen molar-refractivity contribution >= 4 is 5.91 Å². The van der Waals surface area contributed by atoms with Gasteiger partial charge in [0.05, 0.1) is 6.61 Å². The van der Waals surface area contributed by atoms with Gasteiger partial charge in [0, 0.05) is 26.2 Å². The number of carbonyl (C=O) groups excluding carboxylic acids is 1. The highest BCUT2D eigenvalue weighted by Crippen LogP contribution is 2.16. The summed E-state index contributed by atoms with van der Waals surface area (Å²) in [5.41, 5.74) is -0.887. The van der Waals surface area contributed by atoms with Crippen LogP contribution in [-0.2, 0) is 14.3 Å². The van der Waals surface area contributed by atoms with E-state index in [4.69, 9.17) is 9.47 Å². The van der Waals surface area contributed by atoms with Crippen LogP contribution in [0, 0.1) is 0 Å². The van der Waals surface area contributed by atoms with E-state index in [2.05, 4.69) is 5.32 Å². The summed E-state index contributed by atoms with van der Waals surface area (Å²) in [6, 6.07) is 0. The van der Waals surface area contributed by atoms with Crippen molar-refractivity contribution in [3.8, 4) is 0 Å². The van der Waals surface area contributed by atoms with Crippen LogP contribution in [0.3, 0.4) is 0 Å². The van der Waals surface area contributed by atoms with Gasteiger partial charge in [-0.2, -0.15) is 0 Å². The van der Waals surface area contributed by atoms with Gasteiger partial charge in [0.15, 0.2) is 0 Å². The molecule has 1 amide bonds. The van der Waals surface area contributed by atoms with Gasteiger partial charge in [-0.3, -0.25) is 4.79 Å². The van der Waals surface area contributed by atoms with Gasteiger partial charge in [-0.25, -0.2) is 0 Å². The Morgan fingerprint density at radius 2 is 2.50 bits per heavy atom. The molecule has 0 bridgehead atoms. The van der Waals surface area contributed by atoms with Crippen molar-refractivity contribution < 1.29 is 19.4 Å². The summed E-state index contributed by atoms with van der Waals surface area (Å²) in [4.78, 5) is 11.1. The van der Waals surface area contributed by atoms with Crippen LogP contribution in [0.25, 0.3) is 0 Å². The van der Waals surface area contributed by atoms with Gasteiger partial charge >= 0.3 is 0 Å². The van der Waals surface area contributed by atoms with Crippen molar-refractivity contribution in [1.82, 2.24) is 5.32 Å². The highest BCUT2D eigenvalue weighted by Gasteiger charge is 2.32. The second kappa shape index (κ2) is 5.29. The molecule has 0 aromatic heterocycles. The van der Waals surface area contributed by atoms with Gasteiger partial charge in [-0.05, 0) is 6.92 Å². The quantitative estimate of drug-likeness (QED) is 0.619. The predicted molar refractivity (Wildman–Crippen MR) is 49.9 cm³/mol. The number of aliphatic hydroxyl groups is 1. The number of carbonyl (C=O) groups is 1. The van der Waals surface area contributed by atoms with Gasteiger partial charge in [0.25, 0.3) is 0 Å². The maximum atomic E-state index is 11.1. The molecule has 82 valence electrons. The lowest BCUT2D eigenvalue weighted by Gasteiger charge is -2.20. The minimum Gasteiger partial charge on any atom is -0.386 e. The molecule has 1 aliphatic rings. The Morgan fingerprint density at radius 1 is 1.71 bits per heavy atom. The molecule has 2 N–H and O–H groups in total. The van der Waals surface area contributed by atoms with Gasteiger partial charge in [-0.1, -0.05) is 0 Å². The molecule has 0 aromatic carbocycles. The van der Waals surface area contributed by atoms with Crippen LogP contribution >= 0.6 is 0 Å². The van der Waals surface area contributed by atoms with Crippen molar-refractivity contribution in [3.05, 3.63) is 0 Å². The third-order valence-electron chi connectivity index (χ3n) is 2.13. The van der Waals surface area contributed by atoms with E-state index in [1.807, 2.05) is 6.92 Å². The Balaban J connectivity index is 2.15. The Bertz CT molecular complexity index is 189. The zero-order valence-electron chi connectivity index (χ0n) is 8.41. The third-order valence-corrected chi connectivity index (χ3v) is 2.13. The number of hydrogen-bond acceptors (Lipinski definition) is 4. The molecule has 1 rings (SSSR count). The summed E-state index contributed by atoms with van der Waals surface area (Å²) < 4.78 is 9.96. The van der Waals surface area contributed by atoms with Crippen LogP contribution in [0.4, 0.5) is 0 Å². The number of amides is 1. The fourth-order valence-electron chi connectivity index (χ4n) is 1.24. The number of hydrogen-bond donors (Lipinski definition) is 2. The summed E-state index contributed by atoms with van der Waals surface area (Å²) >= 11 is 0. The van der Waals surface area contributed by atoms with Crippen LogP contribution in [0.2, 0.25) is 0 Å². The molecule has 0 saturated carbocycles. The van der Waals surface area contributed by atoms with E-state index in [1.54, 1.807) is 0 Å². The fraction of sp³-hybridized carbons (Fsp3) is 0.889. The lowest BCUT2D eigenvalue weighted by molar-refractivity contribution is -0.126. The van der Waals surface area contributed by atoms with Gasteiger partial charge in [0.2, 0.25) is 5.91 Å². The maximum absolute atomic E-state index is 11.1. The Kier molecular flexibility index (Phi) is 4.31. The van der Waals surface area contributed by atoms with Gasteiger partial charge < -0.3 is 19.9 Å². The van der Waals surface area contributed by atoms with Gasteiger partial charge in [-0.15, -0.1) is 0 Å². The maximum Gasteiger partial charge on any atom is 0.246 e. The molecule has 0 aliphatic carbocycles. The van der Waals surface area contributed by atoms with E-state index in [0.29, 0.717) is 26.2 Å². The van der Waals surface area contributed by atoms with Crippen molar-refractivity contribution in [2.75, 3.05) is 33.0 Å². The van der Waals surface area contributed by atoms with Crippen molar-refractivity contribution in [2.24, 2.45) is 0 Å². The summed E-state index contributed by atoms with van der Waals surface area (Å²) in [6.45, 7) is 3.47. The Hall–Kier alpha value is -0.650. The SMILES string of the molecule is CCOCC(=O)NCC1(O)CCOC1. The first-order chi connectivity index (χ1) is 6.66. The van der Waals surface area contributed by atoms with E-state index >= 15 is 0 Å². The monoisotopic (exact) mass is 203 g/mol. The van der Waals surface area contributed by atoms with E-state index in [-0.39, 0.29) is 19.1 Å². The van der Waals surface area contributed by atoms with Gasteiger partial charge in [0.1, 0.15) is 12.2 Å². The number of nitrogens with one attached hydrogen (secondary N) is 1. The van der Waals surface area contributed by atoms with Crippen LogP contribution in [0.15, 0.2) is 0 Å². The fourth-order valence-corrected chi connectivity index (χ4v) is 1.24. The molecule has 14 heavy (non-hydrogen) atoms. The number of rotatable bonds is 5. The molecule has 1 fully saturated rings. The molecule has 1 heterocycles. The Morgan fingerprint density at radius 3 is 3.07 bits per heavy atom. The van der Waals surface area contributed by atoms with E-state index < -0.39 is 5.60 Å². The first-order valence-electron chi connectivity index (χ1n) is 4.81. The van der Waals surface area contributed by atoms with E-state index in [9.17, 15) is 9.90 Å². The van der Waals surface area contributed by atoms with E-state index in [1.165, 1.54) is 0 Å². The Labute approximate surface area is 83.4 Å². The molecule has 5 nitrogen and oxygen atoms in total. The summed E-state index contributed by atoms with van der Waals surface area (Å²) in [7, 11) is 0. The molecular formula is C9H17NO4.